The van der Waals surface area contributed by atoms with E-state index in [4.69, 9.17) is 6.42 Å². The van der Waals surface area contributed by atoms with Gasteiger partial charge in [-0.1, -0.05) is 34.0 Å². The van der Waals surface area contributed by atoms with Crippen LogP contribution in [0.3, 0.4) is 0 Å². The third kappa shape index (κ3) is 3.51. The predicted octanol–water partition coefficient (Wildman–Crippen LogP) is 1.71. The van der Waals surface area contributed by atoms with E-state index in [-0.39, 0.29) is 0 Å². The summed E-state index contributed by atoms with van der Waals surface area (Å²) in [5.74, 6) is 2.45. The van der Waals surface area contributed by atoms with E-state index < -0.39 is 6.10 Å². The maximum absolute atomic E-state index is 9.72. The number of hydrogen-bond acceptors (Lipinski definition) is 2. The minimum Gasteiger partial charge on any atom is -0.387 e. The normalized spacial score (nSPS) is 12.1. The zero-order valence-corrected chi connectivity index (χ0v) is 9.29. The van der Waals surface area contributed by atoms with Gasteiger partial charge in [0, 0.05) is 11.0 Å². The summed E-state index contributed by atoms with van der Waals surface area (Å²) in [4.78, 5) is 0. The minimum atomic E-state index is -0.513. The van der Waals surface area contributed by atoms with Crippen LogP contribution in [0.5, 0.6) is 0 Å². The third-order valence-electron chi connectivity index (χ3n) is 1.80. The second-order valence-corrected chi connectivity index (χ2v) is 3.82. The average molecular weight is 254 g/mol. The fraction of sp³-hybridized carbons (Fsp3) is 0.273. The molecule has 1 aromatic rings. The van der Waals surface area contributed by atoms with Crippen molar-refractivity contribution in [2.45, 2.75) is 6.10 Å². The van der Waals surface area contributed by atoms with Gasteiger partial charge in [-0.3, -0.25) is 0 Å². The topological polar surface area (TPSA) is 32.3 Å². The summed E-state index contributed by atoms with van der Waals surface area (Å²) < 4.78 is 0.964. The molecule has 0 spiro atoms. The first-order valence-corrected chi connectivity index (χ1v) is 5.11. The zero-order chi connectivity index (χ0) is 10.4. The van der Waals surface area contributed by atoms with Crippen LogP contribution in [0.2, 0.25) is 0 Å². The molecule has 74 valence electrons. The van der Waals surface area contributed by atoms with Crippen LogP contribution in [0.25, 0.3) is 0 Å². The molecule has 0 radical (unpaired) electrons. The molecule has 0 saturated carbocycles. The maximum Gasteiger partial charge on any atom is 0.0915 e. The van der Waals surface area contributed by atoms with Crippen molar-refractivity contribution in [1.29, 1.82) is 0 Å². The minimum absolute atomic E-state index is 0.473. The largest absolute Gasteiger partial charge is 0.387 e. The summed E-state index contributed by atoms with van der Waals surface area (Å²) in [6.45, 7) is 0.950. The molecule has 1 aromatic carbocycles. The highest BCUT2D eigenvalue weighted by molar-refractivity contribution is 9.10. The van der Waals surface area contributed by atoms with Crippen LogP contribution in [0.15, 0.2) is 28.7 Å². The summed E-state index contributed by atoms with van der Waals surface area (Å²) in [5, 5.41) is 12.7. The van der Waals surface area contributed by atoms with Crippen LogP contribution in [-0.2, 0) is 0 Å². The first-order chi connectivity index (χ1) is 6.74. The Morgan fingerprint density at radius 3 is 3.00 bits per heavy atom. The third-order valence-corrected chi connectivity index (χ3v) is 2.29. The average Bonchev–Trinajstić information content (AvgIpc) is 2.18. The Hall–Kier alpha value is -0.820. The Bertz CT molecular complexity index is 332. The molecule has 0 amide bonds. The van der Waals surface area contributed by atoms with E-state index in [0.29, 0.717) is 13.1 Å². The van der Waals surface area contributed by atoms with Crippen LogP contribution in [0.1, 0.15) is 11.7 Å². The highest BCUT2D eigenvalue weighted by Crippen LogP contribution is 2.17. The molecule has 1 rings (SSSR count). The van der Waals surface area contributed by atoms with Gasteiger partial charge >= 0.3 is 0 Å². The highest BCUT2D eigenvalue weighted by Gasteiger charge is 2.05. The lowest BCUT2D eigenvalue weighted by atomic mass is 10.1. The number of nitrogens with one attached hydrogen (secondary N) is 1. The Morgan fingerprint density at radius 1 is 1.57 bits per heavy atom. The van der Waals surface area contributed by atoms with Gasteiger partial charge in [0.05, 0.1) is 12.6 Å². The molecule has 0 aliphatic carbocycles. The summed E-state index contributed by atoms with van der Waals surface area (Å²) in [6, 6.07) is 7.59. The molecule has 0 saturated heterocycles. The molecule has 2 N–H and O–H groups in total. The van der Waals surface area contributed by atoms with Gasteiger partial charge in [-0.15, -0.1) is 6.42 Å². The Morgan fingerprint density at radius 2 is 2.36 bits per heavy atom. The van der Waals surface area contributed by atoms with Crippen LogP contribution in [0, 0.1) is 12.3 Å². The van der Waals surface area contributed by atoms with Gasteiger partial charge in [-0.25, -0.2) is 0 Å². The highest BCUT2D eigenvalue weighted by atomic mass is 79.9. The number of terminal acetylenes is 1. The van der Waals surface area contributed by atoms with E-state index >= 15 is 0 Å². The quantitative estimate of drug-likeness (QED) is 0.633. The second kappa shape index (κ2) is 5.82. The fourth-order valence-electron chi connectivity index (χ4n) is 1.11. The van der Waals surface area contributed by atoms with Crippen LogP contribution < -0.4 is 5.32 Å². The van der Waals surface area contributed by atoms with Crippen molar-refractivity contribution in [3.8, 4) is 12.3 Å². The van der Waals surface area contributed by atoms with Gasteiger partial charge in [0.25, 0.3) is 0 Å². The van der Waals surface area contributed by atoms with E-state index in [1.807, 2.05) is 24.3 Å². The standard InChI is InChI=1S/C11H12BrNO/c1-2-6-13-8-11(14)9-4-3-5-10(12)7-9/h1,3-5,7,11,13-14H,6,8H2. The summed E-state index contributed by atoms with van der Waals surface area (Å²) in [7, 11) is 0. The van der Waals surface area contributed by atoms with Gasteiger partial charge in [-0.2, -0.15) is 0 Å². The van der Waals surface area contributed by atoms with E-state index in [2.05, 4.69) is 27.2 Å². The van der Waals surface area contributed by atoms with Gasteiger partial charge in [0.1, 0.15) is 0 Å². The molecule has 0 aliphatic heterocycles. The fourth-order valence-corrected chi connectivity index (χ4v) is 1.53. The molecule has 14 heavy (non-hydrogen) atoms. The molecular weight excluding hydrogens is 242 g/mol. The first kappa shape index (κ1) is 11.3. The zero-order valence-electron chi connectivity index (χ0n) is 7.70. The van der Waals surface area contributed by atoms with E-state index in [9.17, 15) is 5.11 Å². The Kier molecular flexibility index (Phi) is 4.68. The molecule has 0 fully saturated rings. The van der Waals surface area contributed by atoms with Crippen LogP contribution >= 0.6 is 15.9 Å². The molecule has 3 heteroatoms. The lowest BCUT2D eigenvalue weighted by Gasteiger charge is -2.10. The lowest BCUT2D eigenvalue weighted by Crippen LogP contribution is -2.21. The summed E-state index contributed by atoms with van der Waals surface area (Å²) in [5.41, 5.74) is 0.879. The Labute approximate surface area is 92.5 Å². The summed E-state index contributed by atoms with van der Waals surface area (Å²) in [6.07, 6.45) is 4.56. The van der Waals surface area contributed by atoms with Crippen LogP contribution in [-0.4, -0.2) is 18.2 Å². The lowest BCUT2D eigenvalue weighted by molar-refractivity contribution is 0.176. The number of aliphatic hydroxyl groups excluding tert-OH is 1. The van der Waals surface area contributed by atoms with Gasteiger partial charge in [0.15, 0.2) is 0 Å². The van der Waals surface area contributed by atoms with Crippen molar-refractivity contribution in [2.24, 2.45) is 0 Å². The molecule has 0 aromatic heterocycles. The molecule has 0 bridgehead atoms. The number of benzene rings is 1. The number of hydrogen-bond donors (Lipinski definition) is 2. The van der Waals surface area contributed by atoms with E-state index in [1.54, 1.807) is 0 Å². The predicted molar refractivity (Wildman–Crippen MR) is 60.8 cm³/mol. The van der Waals surface area contributed by atoms with Gasteiger partial charge < -0.3 is 10.4 Å². The van der Waals surface area contributed by atoms with E-state index in [0.717, 1.165) is 10.0 Å². The summed E-state index contributed by atoms with van der Waals surface area (Å²) >= 11 is 3.35. The SMILES string of the molecule is C#CCNCC(O)c1cccc(Br)c1. The number of halogens is 1. The Balaban J connectivity index is 2.52. The monoisotopic (exact) mass is 253 g/mol. The van der Waals surface area contributed by atoms with Gasteiger partial charge in [-0.05, 0) is 17.7 Å². The van der Waals surface area contributed by atoms with Crippen molar-refractivity contribution in [1.82, 2.24) is 5.32 Å². The second-order valence-electron chi connectivity index (χ2n) is 2.91. The van der Waals surface area contributed by atoms with Crippen LogP contribution in [0.4, 0.5) is 0 Å². The molecule has 2 nitrogen and oxygen atoms in total. The smallest absolute Gasteiger partial charge is 0.0915 e. The van der Waals surface area contributed by atoms with Crippen molar-refractivity contribution >= 4 is 15.9 Å². The van der Waals surface area contributed by atoms with Crippen molar-refractivity contribution in [3.05, 3.63) is 34.3 Å². The van der Waals surface area contributed by atoms with Crippen molar-refractivity contribution in [2.75, 3.05) is 13.1 Å². The van der Waals surface area contributed by atoms with Crippen molar-refractivity contribution < 1.29 is 5.11 Å². The van der Waals surface area contributed by atoms with E-state index in [1.165, 1.54) is 0 Å². The molecule has 0 heterocycles. The number of rotatable bonds is 4. The van der Waals surface area contributed by atoms with Crippen molar-refractivity contribution in [3.63, 3.8) is 0 Å². The molecule has 1 unspecified atom stereocenters. The maximum atomic E-state index is 9.72. The van der Waals surface area contributed by atoms with Gasteiger partial charge in [0.2, 0.25) is 0 Å². The molecule has 0 aliphatic rings. The molecular formula is C11H12BrNO. The molecule has 1 atom stereocenters. The number of aliphatic hydroxyl groups is 1. The first-order valence-electron chi connectivity index (χ1n) is 4.31.